The van der Waals surface area contributed by atoms with Gasteiger partial charge in [0, 0.05) is 24.0 Å². The van der Waals surface area contributed by atoms with Gasteiger partial charge in [0.05, 0.1) is 11.7 Å². The van der Waals surface area contributed by atoms with Crippen molar-refractivity contribution >= 4 is 5.91 Å². The molecule has 2 N–H and O–H groups in total. The second-order valence-electron chi connectivity index (χ2n) is 6.05. The number of carbonyl (C=O) groups excluding carboxylic acids is 1. The number of aliphatic hydroxyl groups excluding tert-OH is 1. The molecule has 1 aromatic heterocycles. The normalized spacial score (nSPS) is 17.9. The minimum Gasteiger partial charge on any atom is -0.391 e. The van der Waals surface area contributed by atoms with Gasteiger partial charge < -0.3 is 15.0 Å². The van der Waals surface area contributed by atoms with Crippen molar-refractivity contribution < 1.29 is 9.90 Å². The Labute approximate surface area is 121 Å². The molecule has 112 valence electrons. The molecule has 0 radical (unpaired) electrons. The number of nitrogens with zero attached hydrogens (tertiary/aromatic N) is 1. The molecule has 1 heterocycles. The Morgan fingerprint density at radius 1 is 1.50 bits per heavy atom. The van der Waals surface area contributed by atoms with Gasteiger partial charge in [-0.2, -0.15) is 0 Å². The van der Waals surface area contributed by atoms with Gasteiger partial charge in [0.15, 0.2) is 0 Å². The second kappa shape index (κ2) is 6.00. The Bertz CT molecular complexity index is 489. The van der Waals surface area contributed by atoms with Crippen LogP contribution < -0.4 is 5.32 Å². The lowest BCUT2D eigenvalue weighted by Crippen LogP contribution is -2.35. The van der Waals surface area contributed by atoms with E-state index in [9.17, 15) is 9.90 Å². The minimum atomic E-state index is -0.476. The summed E-state index contributed by atoms with van der Waals surface area (Å²) in [5.41, 5.74) is 2.93. The molecule has 0 aliphatic heterocycles. The number of aromatic nitrogens is 1. The van der Waals surface area contributed by atoms with Crippen LogP contribution in [-0.4, -0.2) is 28.2 Å². The first-order chi connectivity index (χ1) is 9.45. The lowest BCUT2D eigenvalue weighted by atomic mass is 10.0. The van der Waals surface area contributed by atoms with Crippen LogP contribution in [0, 0.1) is 19.8 Å². The summed E-state index contributed by atoms with van der Waals surface area (Å²) in [5.74, 6) is 0.126. The Morgan fingerprint density at radius 2 is 2.15 bits per heavy atom. The number of hydrogen-bond donors (Lipinski definition) is 2. The van der Waals surface area contributed by atoms with E-state index < -0.39 is 6.10 Å². The summed E-state index contributed by atoms with van der Waals surface area (Å²) in [4.78, 5) is 12.3. The zero-order valence-corrected chi connectivity index (χ0v) is 12.9. The van der Waals surface area contributed by atoms with Gasteiger partial charge in [-0.25, -0.2) is 0 Å². The molecule has 1 amide bonds. The van der Waals surface area contributed by atoms with Crippen LogP contribution in [0.5, 0.6) is 0 Å². The number of nitrogens with one attached hydrogen (secondary N) is 1. The lowest BCUT2D eigenvalue weighted by Gasteiger charge is -2.17. The fourth-order valence-electron chi connectivity index (χ4n) is 2.67. The van der Waals surface area contributed by atoms with Crippen molar-refractivity contribution in [2.24, 2.45) is 5.92 Å². The van der Waals surface area contributed by atoms with Gasteiger partial charge in [0.2, 0.25) is 0 Å². The molecule has 1 aliphatic carbocycles. The van der Waals surface area contributed by atoms with E-state index in [2.05, 4.69) is 16.8 Å². The van der Waals surface area contributed by atoms with Crippen LogP contribution in [0.15, 0.2) is 6.07 Å². The minimum absolute atomic E-state index is 0.0765. The summed E-state index contributed by atoms with van der Waals surface area (Å²) < 4.78 is 2.26. The number of carbonyl (C=O) groups is 1. The maximum atomic E-state index is 12.3. The summed E-state index contributed by atoms with van der Waals surface area (Å²) in [6, 6.07) is 2.54. The van der Waals surface area contributed by atoms with Gasteiger partial charge in [-0.3, -0.25) is 4.79 Å². The first-order valence-electron chi connectivity index (χ1n) is 7.60. The molecule has 2 rings (SSSR count). The molecule has 1 saturated carbocycles. The van der Waals surface area contributed by atoms with E-state index in [0.717, 1.165) is 23.4 Å². The molecule has 0 aromatic carbocycles. The lowest BCUT2D eigenvalue weighted by molar-refractivity contribution is 0.0849. The van der Waals surface area contributed by atoms with Crippen molar-refractivity contribution in [2.45, 2.75) is 59.1 Å². The average Bonchev–Trinajstić information content (AvgIpc) is 3.21. The van der Waals surface area contributed by atoms with Gasteiger partial charge in [0.25, 0.3) is 5.91 Å². The number of aryl methyl sites for hydroxylation is 1. The van der Waals surface area contributed by atoms with Crippen LogP contribution >= 0.6 is 0 Å². The third kappa shape index (κ3) is 3.06. The third-order valence-corrected chi connectivity index (χ3v) is 4.41. The highest BCUT2D eigenvalue weighted by Crippen LogP contribution is 2.38. The summed E-state index contributed by atoms with van der Waals surface area (Å²) in [6.07, 6.45) is 2.86. The highest BCUT2D eigenvalue weighted by atomic mass is 16.3. The van der Waals surface area contributed by atoms with Crippen LogP contribution in [-0.2, 0) is 0 Å². The second-order valence-corrected chi connectivity index (χ2v) is 6.05. The monoisotopic (exact) mass is 278 g/mol. The summed E-state index contributed by atoms with van der Waals surface area (Å²) in [6.45, 7) is 8.41. The topological polar surface area (TPSA) is 54.3 Å². The fourth-order valence-corrected chi connectivity index (χ4v) is 2.67. The van der Waals surface area contributed by atoms with Gasteiger partial charge >= 0.3 is 0 Å². The molecule has 1 fully saturated rings. The zero-order chi connectivity index (χ0) is 14.9. The molecule has 4 nitrogen and oxygen atoms in total. The van der Waals surface area contributed by atoms with E-state index in [1.807, 2.05) is 26.8 Å². The average molecular weight is 278 g/mol. The van der Waals surface area contributed by atoms with Gasteiger partial charge in [-0.15, -0.1) is 0 Å². The molecule has 4 heteroatoms. The van der Waals surface area contributed by atoms with E-state index in [1.54, 1.807) is 0 Å². The predicted octanol–water partition coefficient (Wildman–Crippen LogP) is 2.58. The molecule has 0 saturated heterocycles. The first kappa shape index (κ1) is 15.1. The van der Waals surface area contributed by atoms with Gasteiger partial charge in [-0.05, 0) is 38.7 Å². The van der Waals surface area contributed by atoms with E-state index in [0.29, 0.717) is 12.6 Å². The predicted molar refractivity (Wildman–Crippen MR) is 80.0 cm³/mol. The molecule has 0 spiro atoms. The van der Waals surface area contributed by atoms with Crippen molar-refractivity contribution in [3.63, 3.8) is 0 Å². The van der Waals surface area contributed by atoms with Crippen LogP contribution in [0.3, 0.4) is 0 Å². The van der Waals surface area contributed by atoms with E-state index in [-0.39, 0.29) is 11.8 Å². The van der Waals surface area contributed by atoms with Crippen LogP contribution in [0.2, 0.25) is 0 Å². The van der Waals surface area contributed by atoms with Crippen molar-refractivity contribution in [1.29, 1.82) is 0 Å². The van der Waals surface area contributed by atoms with Crippen LogP contribution in [0.1, 0.15) is 60.9 Å². The molecule has 1 aromatic rings. The first-order valence-corrected chi connectivity index (χ1v) is 7.60. The quantitative estimate of drug-likeness (QED) is 0.840. The number of rotatable bonds is 6. The maximum Gasteiger partial charge on any atom is 0.253 e. The zero-order valence-electron chi connectivity index (χ0n) is 12.9. The standard InChI is InChI=1S/C16H26N2O2/c1-5-10(2)15(19)9-17-16(20)14-8-11(3)18(12(14)4)13-6-7-13/h8,10,13,15,19H,5-7,9H2,1-4H3,(H,17,20). The Hall–Kier alpha value is -1.29. The van der Waals surface area contributed by atoms with Gasteiger partial charge in [0.1, 0.15) is 0 Å². The van der Waals surface area contributed by atoms with Crippen LogP contribution in [0.25, 0.3) is 0 Å². The third-order valence-electron chi connectivity index (χ3n) is 4.41. The Balaban J connectivity index is 2.01. The highest BCUT2D eigenvalue weighted by Gasteiger charge is 2.28. The summed E-state index contributed by atoms with van der Waals surface area (Å²) in [5, 5.41) is 12.8. The largest absolute Gasteiger partial charge is 0.391 e. The highest BCUT2D eigenvalue weighted by molar-refractivity contribution is 5.95. The molecule has 1 aliphatic rings. The van der Waals surface area contributed by atoms with Gasteiger partial charge in [-0.1, -0.05) is 20.3 Å². The Kier molecular flexibility index (Phi) is 4.53. The maximum absolute atomic E-state index is 12.3. The molecular weight excluding hydrogens is 252 g/mol. The SMILES string of the molecule is CCC(C)C(O)CNC(=O)c1cc(C)n(C2CC2)c1C. The van der Waals surface area contributed by atoms with Crippen LogP contribution in [0.4, 0.5) is 0 Å². The van der Waals surface area contributed by atoms with E-state index in [4.69, 9.17) is 0 Å². The molecule has 2 unspecified atom stereocenters. The smallest absolute Gasteiger partial charge is 0.253 e. The summed E-state index contributed by atoms with van der Waals surface area (Å²) >= 11 is 0. The van der Waals surface area contributed by atoms with E-state index in [1.165, 1.54) is 12.8 Å². The fraction of sp³-hybridized carbons (Fsp3) is 0.688. The van der Waals surface area contributed by atoms with Crippen molar-refractivity contribution in [1.82, 2.24) is 9.88 Å². The summed E-state index contributed by atoms with van der Waals surface area (Å²) in [7, 11) is 0. The molecule has 20 heavy (non-hydrogen) atoms. The number of amides is 1. The number of hydrogen-bond acceptors (Lipinski definition) is 2. The van der Waals surface area contributed by atoms with Crippen molar-refractivity contribution in [3.05, 3.63) is 23.0 Å². The molecular formula is C16H26N2O2. The van der Waals surface area contributed by atoms with E-state index >= 15 is 0 Å². The molecule has 0 bridgehead atoms. The Morgan fingerprint density at radius 3 is 2.70 bits per heavy atom. The van der Waals surface area contributed by atoms with Crippen molar-refractivity contribution in [3.8, 4) is 0 Å². The number of aliphatic hydroxyl groups is 1. The molecule has 2 atom stereocenters. The van der Waals surface area contributed by atoms with Crippen molar-refractivity contribution in [2.75, 3.05) is 6.54 Å².